The molecule has 3 heterocycles. The first-order chi connectivity index (χ1) is 18.7. The molecule has 10 heteroatoms. The number of thiazole rings is 1. The van der Waals surface area contributed by atoms with Crippen molar-refractivity contribution in [2.75, 3.05) is 26.2 Å². The highest BCUT2D eigenvalue weighted by Gasteiger charge is 2.26. The van der Waals surface area contributed by atoms with Gasteiger partial charge in [0, 0.05) is 66.9 Å². The van der Waals surface area contributed by atoms with Crippen LogP contribution in [0.4, 0.5) is 8.78 Å². The summed E-state index contributed by atoms with van der Waals surface area (Å²) in [6, 6.07) is 7.31. The van der Waals surface area contributed by atoms with Crippen LogP contribution in [0.15, 0.2) is 35.3 Å². The fourth-order valence-electron chi connectivity index (χ4n) is 5.66. The Labute approximate surface area is 231 Å². The Morgan fingerprint density at radius 2 is 1.92 bits per heavy atom. The summed E-state index contributed by atoms with van der Waals surface area (Å²) < 4.78 is 32.9. The van der Waals surface area contributed by atoms with Crippen molar-refractivity contribution in [2.45, 2.75) is 63.8 Å². The van der Waals surface area contributed by atoms with Crippen molar-refractivity contribution in [1.29, 1.82) is 0 Å². The van der Waals surface area contributed by atoms with Gasteiger partial charge in [0.25, 0.3) is 22.6 Å². The van der Waals surface area contributed by atoms with E-state index in [4.69, 9.17) is 4.74 Å². The minimum absolute atomic E-state index is 0.1000. The van der Waals surface area contributed by atoms with Gasteiger partial charge in [-0.15, -0.1) is 0 Å². The molecule has 1 N–H and O–H groups in total. The van der Waals surface area contributed by atoms with Crippen molar-refractivity contribution in [2.24, 2.45) is 13.0 Å². The predicted molar refractivity (Wildman–Crippen MR) is 149 cm³/mol. The molecule has 3 aromatic rings. The van der Waals surface area contributed by atoms with Crippen LogP contribution in [0, 0.1) is 5.92 Å². The number of benzene rings is 1. The smallest absolute Gasteiger partial charge is 0.278 e. The zero-order valence-corrected chi connectivity index (χ0v) is 23.4. The molecule has 0 spiro atoms. The Kier molecular flexibility index (Phi) is 8.32. The zero-order valence-electron chi connectivity index (χ0n) is 22.6. The lowest BCUT2D eigenvalue weighted by Gasteiger charge is -2.31. The number of aryl methyl sites for hydroxylation is 1. The minimum atomic E-state index is -2.86. The molecule has 5 rings (SSSR count). The maximum atomic E-state index is 13.1. The lowest BCUT2D eigenvalue weighted by atomic mass is 9.84. The second kappa shape index (κ2) is 11.7. The molecule has 0 bridgehead atoms. The summed E-state index contributed by atoms with van der Waals surface area (Å²) in [5.41, 5.74) is 1.44. The molecule has 0 radical (unpaired) electrons. The summed E-state index contributed by atoms with van der Waals surface area (Å²) in [7, 11) is 1.71. The fraction of sp³-hybridized carbons (Fsp3) is 0.552. The molecular weight excluding hydrogens is 522 g/mol. The van der Waals surface area contributed by atoms with Crippen molar-refractivity contribution < 1.29 is 18.3 Å². The van der Waals surface area contributed by atoms with Crippen molar-refractivity contribution in [1.82, 2.24) is 19.8 Å². The third-order valence-electron chi connectivity index (χ3n) is 7.93. The molecule has 1 amide bonds. The van der Waals surface area contributed by atoms with Crippen LogP contribution in [0.5, 0.6) is 5.19 Å². The van der Waals surface area contributed by atoms with Gasteiger partial charge in [0.1, 0.15) is 0 Å². The Hall–Kier alpha value is -2.85. The van der Waals surface area contributed by atoms with Gasteiger partial charge in [-0.25, -0.2) is 13.8 Å². The maximum absolute atomic E-state index is 13.1. The van der Waals surface area contributed by atoms with Gasteiger partial charge in [0.2, 0.25) is 0 Å². The molecule has 210 valence electrons. The minimum Gasteiger partial charge on any atom is -0.464 e. The summed E-state index contributed by atoms with van der Waals surface area (Å²) in [5.74, 6) is -2.33. The molecule has 7 nitrogen and oxygen atoms in total. The molecule has 0 unspecified atom stereocenters. The zero-order chi connectivity index (χ0) is 27.6. The molecule has 1 saturated carbocycles. The normalized spacial score (nSPS) is 20.4. The number of aromatic nitrogens is 2. The number of ether oxygens (including phenoxy) is 1. The van der Waals surface area contributed by atoms with Crippen LogP contribution < -0.4 is 15.6 Å². The molecule has 0 saturated heterocycles. The van der Waals surface area contributed by atoms with Crippen molar-refractivity contribution >= 4 is 28.0 Å². The standard InChI is InChI=1S/C29H36F2N4O3S/c1-29(30,31)18-38-28-33-24-12-16-35(17-13-25(24)39-28)15-10-19-6-8-20(9-7-19)32-26(36)22-4-3-5-23-21(22)11-14-34(2)27(23)37/h3-5,11,14,19-20H,6-10,12-13,15-18H2,1-2H3,(H,32,36)/t19-,20-. The maximum Gasteiger partial charge on any atom is 0.278 e. The van der Waals surface area contributed by atoms with E-state index >= 15 is 0 Å². The third-order valence-corrected chi connectivity index (χ3v) is 9.00. The monoisotopic (exact) mass is 558 g/mol. The number of carbonyl (C=O) groups excluding carboxylic acids is 1. The summed E-state index contributed by atoms with van der Waals surface area (Å²) in [6.45, 7) is 3.11. The Morgan fingerprint density at radius 3 is 2.69 bits per heavy atom. The first-order valence-corrected chi connectivity index (χ1v) is 14.6. The van der Waals surface area contributed by atoms with Gasteiger partial charge in [-0.1, -0.05) is 17.4 Å². The molecule has 2 aliphatic rings. The van der Waals surface area contributed by atoms with E-state index in [0.717, 1.165) is 82.1 Å². The fourth-order valence-corrected chi connectivity index (χ4v) is 6.60. The molecule has 1 fully saturated rings. The largest absolute Gasteiger partial charge is 0.464 e. The number of nitrogens with one attached hydrogen (secondary N) is 1. The van der Waals surface area contributed by atoms with E-state index in [9.17, 15) is 18.4 Å². The molecule has 1 aliphatic carbocycles. The number of nitrogens with zero attached hydrogens (tertiary/aromatic N) is 3. The summed E-state index contributed by atoms with van der Waals surface area (Å²) in [4.78, 5) is 33.6. The van der Waals surface area contributed by atoms with Gasteiger partial charge >= 0.3 is 0 Å². The number of alkyl halides is 2. The Balaban J connectivity index is 1.06. The van der Waals surface area contributed by atoms with Crippen LogP contribution >= 0.6 is 11.3 Å². The average Bonchev–Trinajstić information content (AvgIpc) is 3.21. The summed E-state index contributed by atoms with van der Waals surface area (Å²) in [5, 5.41) is 4.81. The predicted octanol–water partition coefficient (Wildman–Crippen LogP) is 4.81. The number of hydrogen-bond donors (Lipinski definition) is 1. The Bertz CT molecular complexity index is 1350. The van der Waals surface area contributed by atoms with Crippen LogP contribution in [-0.4, -0.2) is 58.6 Å². The Morgan fingerprint density at radius 1 is 1.15 bits per heavy atom. The number of fused-ring (bicyclic) bond motifs is 2. The summed E-state index contributed by atoms with van der Waals surface area (Å²) >= 11 is 1.40. The lowest BCUT2D eigenvalue weighted by molar-refractivity contribution is -0.0230. The van der Waals surface area contributed by atoms with Gasteiger partial charge < -0.3 is 19.5 Å². The van der Waals surface area contributed by atoms with Gasteiger partial charge in [-0.2, -0.15) is 0 Å². The van der Waals surface area contributed by atoms with E-state index in [-0.39, 0.29) is 17.5 Å². The van der Waals surface area contributed by atoms with E-state index < -0.39 is 12.5 Å². The number of halogens is 2. The second-order valence-corrected chi connectivity index (χ2v) is 12.1. The van der Waals surface area contributed by atoms with E-state index in [0.29, 0.717) is 27.4 Å². The SMILES string of the molecule is Cn1ccc2c(C(=O)N[C@H]3CC[C@H](CCN4CCc5nc(OCC(C)(F)F)sc5CC4)CC3)cccc2c1=O. The highest BCUT2D eigenvalue weighted by atomic mass is 32.1. The third kappa shape index (κ3) is 6.84. The number of rotatable bonds is 8. The highest BCUT2D eigenvalue weighted by molar-refractivity contribution is 7.13. The van der Waals surface area contributed by atoms with Crippen molar-refractivity contribution in [3.8, 4) is 5.19 Å². The van der Waals surface area contributed by atoms with E-state index in [1.165, 1.54) is 15.9 Å². The molecular formula is C29H36F2N4O3S. The summed E-state index contributed by atoms with van der Waals surface area (Å²) in [6.07, 6.45) is 8.63. The van der Waals surface area contributed by atoms with Crippen LogP contribution in [0.2, 0.25) is 0 Å². The van der Waals surface area contributed by atoms with Gasteiger partial charge in [-0.05, 0) is 69.2 Å². The average molecular weight is 559 g/mol. The molecule has 2 aromatic heterocycles. The number of amides is 1. The van der Waals surface area contributed by atoms with Crippen LogP contribution in [0.25, 0.3) is 10.8 Å². The van der Waals surface area contributed by atoms with Crippen LogP contribution in [0.1, 0.15) is 60.0 Å². The first kappa shape index (κ1) is 27.7. The topological polar surface area (TPSA) is 76.5 Å². The van der Waals surface area contributed by atoms with E-state index in [1.54, 1.807) is 31.4 Å². The van der Waals surface area contributed by atoms with E-state index in [1.807, 2.05) is 6.07 Å². The van der Waals surface area contributed by atoms with Gasteiger partial charge in [-0.3, -0.25) is 9.59 Å². The molecule has 39 heavy (non-hydrogen) atoms. The highest BCUT2D eigenvalue weighted by Crippen LogP contribution is 2.31. The molecule has 1 aromatic carbocycles. The second-order valence-electron chi connectivity index (χ2n) is 11.0. The van der Waals surface area contributed by atoms with E-state index in [2.05, 4.69) is 15.2 Å². The van der Waals surface area contributed by atoms with Crippen LogP contribution in [-0.2, 0) is 19.9 Å². The number of pyridine rings is 1. The number of carbonyl (C=O) groups is 1. The number of hydrogen-bond acceptors (Lipinski definition) is 6. The van der Waals surface area contributed by atoms with Crippen molar-refractivity contribution in [3.05, 3.63) is 57.0 Å². The van der Waals surface area contributed by atoms with Crippen molar-refractivity contribution in [3.63, 3.8) is 0 Å². The quantitative estimate of drug-likeness (QED) is 0.430. The molecule has 1 aliphatic heterocycles. The first-order valence-electron chi connectivity index (χ1n) is 13.8. The van der Waals surface area contributed by atoms with Gasteiger partial charge in [0.05, 0.1) is 5.69 Å². The van der Waals surface area contributed by atoms with Crippen LogP contribution in [0.3, 0.4) is 0 Å². The van der Waals surface area contributed by atoms with Gasteiger partial charge in [0.15, 0.2) is 6.61 Å². The molecule has 0 atom stereocenters. The lowest BCUT2D eigenvalue weighted by Crippen LogP contribution is -2.38.